The average molecular weight is 278 g/mol. The number of hydrogen-bond donors (Lipinski definition) is 1. The van der Waals surface area contributed by atoms with Crippen molar-refractivity contribution in [2.45, 2.75) is 26.1 Å². The van der Waals surface area contributed by atoms with Gasteiger partial charge in [-0.25, -0.2) is 0 Å². The molecule has 7 heteroatoms. The number of aryl methyl sites for hydroxylation is 1. The zero-order valence-electron chi connectivity index (χ0n) is 10.2. The van der Waals surface area contributed by atoms with Crippen LogP contribution in [0.4, 0.5) is 13.2 Å². The SMILES string of the molecule is CCOC(=O)CCc1ccc(O)c(OC(F)(F)F)c1. The molecule has 19 heavy (non-hydrogen) atoms. The van der Waals surface area contributed by atoms with E-state index in [9.17, 15) is 23.1 Å². The lowest BCUT2D eigenvalue weighted by Crippen LogP contribution is -2.17. The van der Waals surface area contributed by atoms with Crippen LogP contribution in [0, 0.1) is 0 Å². The van der Waals surface area contributed by atoms with Crippen LogP contribution in [0.1, 0.15) is 18.9 Å². The number of ether oxygens (including phenoxy) is 2. The van der Waals surface area contributed by atoms with Crippen molar-refractivity contribution in [3.8, 4) is 11.5 Å². The second-order valence-corrected chi connectivity index (χ2v) is 3.65. The number of aromatic hydroxyl groups is 1. The highest BCUT2D eigenvalue weighted by Gasteiger charge is 2.32. The van der Waals surface area contributed by atoms with E-state index < -0.39 is 23.8 Å². The normalized spacial score (nSPS) is 11.2. The highest BCUT2D eigenvalue weighted by Crippen LogP contribution is 2.32. The summed E-state index contributed by atoms with van der Waals surface area (Å²) >= 11 is 0. The van der Waals surface area contributed by atoms with Crippen molar-refractivity contribution in [1.82, 2.24) is 0 Å². The molecular weight excluding hydrogens is 265 g/mol. The summed E-state index contributed by atoms with van der Waals surface area (Å²) in [6.07, 6.45) is -4.63. The third-order valence-electron chi connectivity index (χ3n) is 2.17. The quantitative estimate of drug-likeness (QED) is 0.841. The van der Waals surface area contributed by atoms with Gasteiger partial charge < -0.3 is 14.6 Å². The minimum absolute atomic E-state index is 0.0457. The van der Waals surface area contributed by atoms with E-state index in [-0.39, 0.29) is 19.4 Å². The van der Waals surface area contributed by atoms with Gasteiger partial charge >= 0.3 is 12.3 Å². The van der Waals surface area contributed by atoms with Gasteiger partial charge in [0.15, 0.2) is 11.5 Å². The van der Waals surface area contributed by atoms with Crippen LogP contribution in [0.15, 0.2) is 18.2 Å². The summed E-state index contributed by atoms with van der Waals surface area (Å²) in [6, 6.07) is 3.54. The maximum atomic E-state index is 12.1. The van der Waals surface area contributed by atoms with Crippen LogP contribution in [0.5, 0.6) is 11.5 Å². The predicted octanol–water partition coefficient (Wildman–Crippen LogP) is 2.79. The fraction of sp³-hybridized carbons (Fsp3) is 0.417. The Hall–Kier alpha value is -1.92. The second kappa shape index (κ2) is 6.31. The minimum Gasteiger partial charge on any atom is -0.504 e. The minimum atomic E-state index is -4.88. The third kappa shape index (κ3) is 5.50. The van der Waals surface area contributed by atoms with E-state index in [1.807, 2.05) is 0 Å². The van der Waals surface area contributed by atoms with Gasteiger partial charge in [0.2, 0.25) is 0 Å². The maximum Gasteiger partial charge on any atom is 0.573 e. The van der Waals surface area contributed by atoms with Gasteiger partial charge in [-0.15, -0.1) is 13.2 Å². The highest BCUT2D eigenvalue weighted by atomic mass is 19.4. The molecule has 106 valence electrons. The van der Waals surface area contributed by atoms with Gasteiger partial charge in [-0.3, -0.25) is 4.79 Å². The number of carbonyl (C=O) groups is 1. The Morgan fingerprint density at radius 2 is 2.05 bits per heavy atom. The Kier molecular flexibility index (Phi) is 5.02. The lowest BCUT2D eigenvalue weighted by molar-refractivity contribution is -0.275. The van der Waals surface area contributed by atoms with Crippen molar-refractivity contribution in [2.24, 2.45) is 0 Å². The molecule has 0 amide bonds. The number of benzene rings is 1. The van der Waals surface area contributed by atoms with E-state index >= 15 is 0 Å². The van der Waals surface area contributed by atoms with Gasteiger partial charge in [0.05, 0.1) is 6.61 Å². The number of carbonyl (C=O) groups excluding carboxylic acids is 1. The largest absolute Gasteiger partial charge is 0.573 e. The molecule has 0 aliphatic rings. The topological polar surface area (TPSA) is 55.8 Å². The van der Waals surface area contributed by atoms with Gasteiger partial charge in [0, 0.05) is 6.42 Å². The summed E-state index contributed by atoms with van der Waals surface area (Å²) in [6.45, 7) is 1.91. The van der Waals surface area contributed by atoms with E-state index in [1.165, 1.54) is 6.07 Å². The van der Waals surface area contributed by atoms with Crippen molar-refractivity contribution in [1.29, 1.82) is 0 Å². The summed E-state index contributed by atoms with van der Waals surface area (Å²) < 4.78 is 44.5. The number of esters is 1. The van der Waals surface area contributed by atoms with Crippen LogP contribution in [0.25, 0.3) is 0 Å². The molecule has 0 fully saturated rings. The molecule has 1 N–H and O–H groups in total. The molecule has 1 aromatic rings. The first-order chi connectivity index (χ1) is 8.81. The van der Waals surface area contributed by atoms with Crippen LogP contribution in [0.2, 0.25) is 0 Å². The Bertz CT molecular complexity index is 443. The molecule has 0 aliphatic carbocycles. The molecule has 0 radical (unpaired) electrons. The first-order valence-corrected chi connectivity index (χ1v) is 5.55. The number of phenols is 1. The van der Waals surface area contributed by atoms with Crippen LogP contribution >= 0.6 is 0 Å². The first kappa shape index (κ1) is 15.1. The predicted molar refractivity (Wildman–Crippen MR) is 59.7 cm³/mol. The molecule has 0 spiro atoms. The van der Waals surface area contributed by atoms with E-state index in [4.69, 9.17) is 4.74 Å². The summed E-state index contributed by atoms with van der Waals surface area (Å²) in [5, 5.41) is 9.24. The summed E-state index contributed by atoms with van der Waals surface area (Å²) in [5.74, 6) is -1.74. The molecule has 0 atom stereocenters. The molecule has 0 bridgehead atoms. The maximum absolute atomic E-state index is 12.1. The number of rotatable bonds is 5. The van der Waals surface area contributed by atoms with Crippen LogP contribution in [0.3, 0.4) is 0 Å². The fourth-order valence-electron chi connectivity index (χ4n) is 1.40. The van der Waals surface area contributed by atoms with Crippen LogP contribution in [-0.2, 0) is 16.0 Å². The second-order valence-electron chi connectivity index (χ2n) is 3.65. The van der Waals surface area contributed by atoms with Crippen LogP contribution in [-0.4, -0.2) is 24.0 Å². The Morgan fingerprint density at radius 3 is 2.63 bits per heavy atom. The Labute approximate surface area is 107 Å². The molecule has 0 aromatic heterocycles. The van der Waals surface area contributed by atoms with Crippen LogP contribution < -0.4 is 4.74 Å². The van der Waals surface area contributed by atoms with Gasteiger partial charge in [-0.1, -0.05) is 6.07 Å². The average Bonchev–Trinajstić information content (AvgIpc) is 2.29. The van der Waals surface area contributed by atoms with Crippen molar-refractivity contribution < 1.29 is 32.5 Å². The number of alkyl halides is 3. The first-order valence-electron chi connectivity index (χ1n) is 5.55. The van der Waals surface area contributed by atoms with Crippen molar-refractivity contribution in [3.63, 3.8) is 0 Å². The molecule has 0 aliphatic heterocycles. The lowest BCUT2D eigenvalue weighted by atomic mass is 10.1. The van der Waals surface area contributed by atoms with E-state index in [0.717, 1.165) is 12.1 Å². The summed E-state index contributed by atoms with van der Waals surface area (Å²) in [5.41, 5.74) is 0.435. The molecule has 1 rings (SSSR count). The lowest BCUT2D eigenvalue weighted by Gasteiger charge is -2.11. The van der Waals surface area contributed by atoms with Crippen molar-refractivity contribution in [3.05, 3.63) is 23.8 Å². The molecule has 0 heterocycles. The third-order valence-corrected chi connectivity index (χ3v) is 2.17. The highest BCUT2D eigenvalue weighted by molar-refractivity contribution is 5.69. The van der Waals surface area contributed by atoms with Crippen molar-refractivity contribution in [2.75, 3.05) is 6.61 Å². The molecule has 0 saturated carbocycles. The van der Waals surface area contributed by atoms with E-state index in [2.05, 4.69) is 4.74 Å². The zero-order chi connectivity index (χ0) is 14.5. The van der Waals surface area contributed by atoms with E-state index in [0.29, 0.717) is 5.56 Å². The molecule has 0 saturated heterocycles. The van der Waals surface area contributed by atoms with Gasteiger partial charge in [-0.2, -0.15) is 0 Å². The Balaban J connectivity index is 2.71. The zero-order valence-corrected chi connectivity index (χ0v) is 10.2. The smallest absolute Gasteiger partial charge is 0.504 e. The molecule has 4 nitrogen and oxygen atoms in total. The van der Waals surface area contributed by atoms with Crippen molar-refractivity contribution >= 4 is 5.97 Å². The number of phenolic OH excluding ortho intramolecular Hbond substituents is 1. The number of hydrogen-bond acceptors (Lipinski definition) is 4. The Morgan fingerprint density at radius 1 is 1.37 bits per heavy atom. The fourth-order valence-corrected chi connectivity index (χ4v) is 1.40. The summed E-state index contributed by atoms with van der Waals surface area (Å²) in [4.78, 5) is 11.1. The monoisotopic (exact) mass is 278 g/mol. The molecular formula is C12H13F3O4. The summed E-state index contributed by atoms with van der Waals surface area (Å²) in [7, 11) is 0. The molecule has 0 unspecified atom stereocenters. The number of halogens is 3. The van der Waals surface area contributed by atoms with E-state index in [1.54, 1.807) is 6.92 Å². The van der Waals surface area contributed by atoms with Gasteiger partial charge in [-0.05, 0) is 31.0 Å². The standard InChI is InChI=1S/C12H13F3O4/c1-2-18-11(17)6-4-8-3-5-9(16)10(7-8)19-12(13,14)15/h3,5,7,16H,2,4,6H2,1H3. The van der Waals surface area contributed by atoms with Gasteiger partial charge in [0.1, 0.15) is 0 Å². The molecule has 1 aromatic carbocycles. The van der Waals surface area contributed by atoms with Gasteiger partial charge in [0.25, 0.3) is 0 Å².